The van der Waals surface area contributed by atoms with Gasteiger partial charge >= 0.3 is 6.18 Å². The van der Waals surface area contributed by atoms with Crippen LogP contribution in [0.5, 0.6) is 5.75 Å². The van der Waals surface area contributed by atoms with Crippen molar-refractivity contribution in [3.05, 3.63) is 54.1 Å². The maximum Gasteiger partial charge on any atom is 0.416 e. The van der Waals surface area contributed by atoms with E-state index in [2.05, 4.69) is 5.32 Å². The number of rotatable bonds is 11. The molecule has 0 aromatic heterocycles. The molecule has 1 aromatic rings. The minimum absolute atomic E-state index is 0.0240. The van der Waals surface area contributed by atoms with Gasteiger partial charge in [0.05, 0.1) is 11.7 Å². The van der Waals surface area contributed by atoms with E-state index in [1.54, 1.807) is 7.05 Å². The molecule has 0 bridgehead atoms. The zero-order valence-corrected chi connectivity index (χ0v) is 18.4. The van der Waals surface area contributed by atoms with Crippen molar-refractivity contribution in [3.63, 3.8) is 0 Å². The van der Waals surface area contributed by atoms with Crippen LogP contribution in [0.3, 0.4) is 0 Å². The molecule has 0 saturated heterocycles. The maximum absolute atomic E-state index is 12.8. The first kappa shape index (κ1) is 26.6. The third-order valence-electron chi connectivity index (χ3n) is 5.49. The van der Waals surface area contributed by atoms with Crippen molar-refractivity contribution >= 4 is 11.7 Å². The Bertz CT molecular complexity index is 853. The van der Waals surface area contributed by atoms with Crippen LogP contribution in [-0.2, 0) is 15.8 Å². The van der Waals surface area contributed by atoms with Gasteiger partial charge in [-0.25, -0.2) is 0 Å². The number of ether oxygens (including phenoxy) is 1. The smallest absolute Gasteiger partial charge is 0.416 e. The second-order valence-electron chi connectivity index (χ2n) is 7.99. The van der Waals surface area contributed by atoms with Gasteiger partial charge in [0.2, 0.25) is 5.91 Å². The van der Waals surface area contributed by atoms with Gasteiger partial charge < -0.3 is 20.3 Å². The van der Waals surface area contributed by atoms with Crippen LogP contribution in [0.2, 0.25) is 0 Å². The Hall–Kier alpha value is -2.65. The van der Waals surface area contributed by atoms with Gasteiger partial charge in [0.1, 0.15) is 24.2 Å². The highest BCUT2D eigenvalue weighted by atomic mass is 19.4. The number of aliphatic hydroxyl groups is 2. The summed E-state index contributed by atoms with van der Waals surface area (Å²) in [4.78, 5) is 23.5. The number of halogens is 3. The lowest BCUT2D eigenvalue weighted by atomic mass is 9.90. The lowest BCUT2D eigenvalue weighted by molar-refractivity contribution is -0.137. The lowest BCUT2D eigenvalue weighted by Crippen LogP contribution is -2.20. The summed E-state index contributed by atoms with van der Waals surface area (Å²) in [6, 6.07) is 4.36. The summed E-state index contributed by atoms with van der Waals surface area (Å²) in [5.74, 6) is -1.09. The summed E-state index contributed by atoms with van der Waals surface area (Å²) in [7, 11) is 1.58. The van der Waals surface area contributed by atoms with Gasteiger partial charge in [-0.15, -0.1) is 0 Å². The van der Waals surface area contributed by atoms with Crippen LogP contribution in [-0.4, -0.2) is 47.8 Å². The van der Waals surface area contributed by atoms with E-state index in [4.69, 9.17) is 4.74 Å². The first-order valence-corrected chi connectivity index (χ1v) is 10.8. The average Bonchev–Trinajstić information content (AvgIpc) is 3.04. The summed E-state index contributed by atoms with van der Waals surface area (Å²) >= 11 is 0. The summed E-state index contributed by atoms with van der Waals surface area (Å²) in [6.07, 6.45) is 2.61. The molecule has 1 aromatic carbocycles. The molecule has 1 amide bonds. The molecule has 1 saturated carbocycles. The first-order chi connectivity index (χ1) is 15.6. The molecule has 0 heterocycles. The summed E-state index contributed by atoms with van der Waals surface area (Å²) in [5, 5.41) is 22.9. The van der Waals surface area contributed by atoms with Crippen LogP contribution in [0.15, 0.2) is 48.6 Å². The van der Waals surface area contributed by atoms with Crippen LogP contribution in [0.25, 0.3) is 0 Å². The number of alkyl halides is 3. The number of nitrogens with one attached hydrogen (secondary N) is 1. The monoisotopic (exact) mass is 469 g/mol. The van der Waals surface area contributed by atoms with Crippen molar-refractivity contribution in [2.75, 3.05) is 13.7 Å². The Morgan fingerprint density at radius 1 is 1.33 bits per heavy atom. The topological polar surface area (TPSA) is 95.9 Å². The van der Waals surface area contributed by atoms with E-state index in [0.717, 1.165) is 12.1 Å². The number of hydrogen-bond acceptors (Lipinski definition) is 5. The fourth-order valence-corrected chi connectivity index (χ4v) is 3.65. The van der Waals surface area contributed by atoms with Crippen molar-refractivity contribution in [2.45, 2.75) is 50.5 Å². The fraction of sp³-hybridized carbons (Fsp3) is 0.500. The SMILES string of the molecule is CNC(=O)CCCC=CC[C@H]1[C@@H](O)CC(=O)[C@@H]1C=CC(O)COc1cccc(C(F)(F)F)c1. The minimum atomic E-state index is -4.49. The summed E-state index contributed by atoms with van der Waals surface area (Å²) < 4.78 is 43.6. The molecule has 6 nitrogen and oxygen atoms in total. The van der Waals surface area contributed by atoms with Crippen molar-refractivity contribution in [2.24, 2.45) is 11.8 Å². The Labute approximate surface area is 191 Å². The third-order valence-corrected chi connectivity index (χ3v) is 5.49. The van der Waals surface area contributed by atoms with E-state index >= 15 is 0 Å². The van der Waals surface area contributed by atoms with Crippen molar-refractivity contribution in [1.29, 1.82) is 0 Å². The Morgan fingerprint density at radius 3 is 2.79 bits per heavy atom. The van der Waals surface area contributed by atoms with Gasteiger partial charge in [-0.1, -0.05) is 30.4 Å². The van der Waals surface area contributed by atoms with Crippen LogP contribution in [0.1, 0.15) is 37.7 Å². The second kappa shape index (κ2) is 12.6. The van der Waals surface area contributed by atoms with Crippen molar-refractivity contribution in [3.8, 4) is 5.75 Å². The van der Waals surface area contributed by atoms with Crippen LogP contribution in [0.4, 0.5) is 13.2 Å². The molecule has 182 valence electrons. The number of Topliss-reactive ketones (excluding diaryl/α,β-unsaturated/α-hetero) is 1. The molecular formula is C24H30F3NO5. The highest BCUT2D eigenvalue weighted by Crippen LogP contribution is 2.34. The van der Waals surface area contributed by atoms with Gasteiger partial charge in [0, 0.05) is 31.7 Å². The van der Waals surface area contributed by atoms with Crippen molar-refractivity contribution in [1.82, 2.24) is 5.32 Å². The van der Waals surface area contributed by atoms with Gasteiger partial charge in [-0.2, -0.15) is 13.2 Å². The molecule has 4 atom stereocenters. The standard InChI is InChI=1S/C24H30F3NO5/c1-28-23(32)10-5-3-2-4-9-19-20(22(31)14-21(19)30)12-11-17(29)15-33-18-8-6-7-16(13-18)24(25,26)27/h2,4,6-8,11-13,17,19-21,29-30H,3,5,9-10,14-15H2,1H3,(H,28,32)/t17?,19-,20-,21+/m1/s1. The van der Waals surface area contributed by atoms with Crippen LogP contribution < -0.4 is 10.1 Å². The molecule has 1 aliphatic carbocycles. The number of carbonyl (C=O) groups excluding carboxylic acids is 2. The van der Waals surface area contributed by atoms with E-state index in [-0.39, 0.29) is 36.4 Å². The number of aliphatic hydroxyl groups excluding tert-OH is 2. The maximum atomic E-state index is 12.8. The van der Waals surface area contributed by atoms with E-state index in [1.165, 1.54) is 24.3 Å². The highest BCUT2D eigenvalue weighted by molar-refractivity contribution is 5.86. The quantitative estimate of drug-likeness (QED) is 0.341. The predicted molar refractivity (Wildman–Crippen MR) is 116 cm³/mol. The Kier molecular flexibility index (Phi) is 10.1. The normalized spacial score (nSPS) is 22.2. The first-order valence-electron chi connectivity index (χ1n) is 10.8. The molecule has 0 spiro atoms. The van der Waals surface area contributed by atoms with E-state index in [0.29, 0.717) is 25.7 Å². The van der Waals surface area contributed by atoms with Gasteiger partial charge in [0.15, 0.2) is 0 Å². The molecule has 0 radical (unpaired) electrons. The number of unbranched alkanes of at least 4 members (excludes halogenated alkanes) is 1. The average molecular weight is 470 g/mol. The molecule has 9 heteroatoms. The zero-order valence-electron chi connectivity index (χ0n) is 18.4. The third kappa shape index (κ3) is 8.66. The zero-order chi connectivity index (χ0) is 24.4. The van der Waals surface area contributed by atoms with Gasteiger partial charge in [-0.3, -0.25) is 9.59 Å². The lowest BCUT2D eigenvalue weighted by Gasteiger charge is -2.17. The molecular weight excluding hydrogens is 439 g/mol. The molecule has 1 unspecified atom stereocenters. The highest BCUT2D eigenvalue weighted by Gasteiger charge is 2.39. The number of allylic oxidation sites excluding steroid dienone is 3. The molecule has 0 aliphatic heterocycles. The van der Waals surface area contributed by atoms with Gasteiger partial charge in [0.25, 0.3) is 0 Å². The van der Waals surface area contributed by atoms with E-state index in [1.807, 2.05) is 12.2 Å². The Morgan fingerprint density at radius 2 is 2.09 bits per heavy atom. The predicted octanol–water partition coefficient (Wildman–Crippen LogP) is 3.43. The molecule has 33 heavy (non-hydrogen) atoms. The van der Waals surface area contributed by atoms with E-state index in [9.17, 15) is 33.0 Å². The molecule has 1 aliphatic rings. The van der Waals surface area contributed by atoms with Gasteiger partial charge in [-0.05, 0) is 37.5 Å². The molecule has 2 rings (SSSR count). The number of carbonyl (C=O) groups is 2. The van der Waals surface area contributed by atoms with Crippen molar-refractivity contribution < 1.29 is 37.7 Å². The minimum Gasteiger partial charge on any atom is -0.491 e. The molecule has 1 fully saturated rings. The fourth-order valence-electron chi connectivity index (χ4n) is 3.65. The van der Waals surface area contributed by atoms with Crippen LogP contribution in [0, 0.1) is 11.8 Å². The number of benzene rings is 1. The largest absolute Gasteiger partial charge is 0.491 e. The number of hydrogen-bond donors (Lipinski definition) is 3. The number of ketones is 1. The second-order valence-corrected chi connectivity index (χ2v) is 7.99. The summed E-state index contributed by atoms with van der Waals surface area (Å²) in [6.45, 7) is -0.281. The molecule has 3 N–H and O–H groups in total. The van der Waals surface area contributed by atoms with Crippen LogP contribution >= 0.6 is 0 Å². The Balaban J connectivity index is 1.86. The number of amides is 1. The summed E-state index contributed by atoms with van der Waals surface area (Å²) in [5.41, 5.74) is -0.847. The van der Waals surface area contributed by atoms with E-state index < -0.39 is 29.9 Å².